The molecule has 3 heteroatoms. The quantitative estimate of drug-likeness (QED) is 0.669. The van der Waals surface area contributed by atoms with E-state index in [1.165, 1.54) is 37.0 Å². The number of hydrogen-bond acceptors (Lipinski definition) is 3. The zero-order valence-electron chi connectivity index (χ0n) is 13.5. The van der Waals surface area contributed by atoms with Crippen molar-refractivity contribution < 1.29 is 4.84 Å². The first-order chi connectivity index (χ1) is 10.9. The summed E-state index contributed by atoms with van der Waals surface area (Å²) in [5.74, 6) is 0. The molecule has 0 unspecified atom stereocenters. The summed E-state index contributed by atoms with van der Waals surface area (Å²) in [6, 6.07) is 10.7. The monoisotopic (exact) mass is 298 g/mol. The molecule has 0 spiro atoms. The molecule has 0 aliphatic carbocycles. The molecule has 0 fully saturated rings. The number of aliphatic imine (C=N–C) groups is 1. The zero-order chi connectivity index (χ0) is 15.2. The third-order valence-corrected chi connectivity index (χ3v) is 4.59. The lowest BCUT2D eigenvalue weighted by Gasteiger charge is -2.08. The average Bonchev–Trinajstić information content (AvgIpc) is 3.21. The molecule has 2 heterocycles. The third kappa shape index (κ3) is 3.76. The second-order valence-electron chi connectivity index (χ2n) is 6.36. The molecule has 0 amide bonds. The molecule has 0 bridgehead atoms. The van der Waals surface area contributed by atoms with Crippen molar-refractivity contribution in [3.8, 4) is 0 Å². The van der Waals surface area contributed by atoms with Crippen LogP contribution in [0.5, 0.6) is 0 Å². The van der Waals surface area contributed by atoms with Crippen molar-refractivity contribution in [2.24, 2.45) is 10.1 Å². The van der Waals surface area contributed by atoms with E-state index in [4.69, 9.17) is 9.83 Å². The molecular weight excluding hydrogens is 272 g/mol. The summed E-state index contributed by atoms with van der Waals surface area (Å²) < 4.78 is 0. The minimum atomic E-state index is 0.246. The third-order valence-electron chi connectivity index (χ3n) is 4.59. The molecule has 1 aromatic carbocycles. The Kier molecular flexibility index (Phi) is 5.25. The number of hydrogen-bond donors (Lipinski definition) is 0. The second kappa shape index (κ2) is 7.57. The van der Waals surface area contributed by atoms with Crippen LogP contribution in [0.15, 0.2) is 40.5 Å². The first-order valence-electron chi connectivity index (χ1n) is 8.71. The van der Waals surface area contributed by atoms with Gasteiger partial charge in [0.1, 0.15) is 6.10 Å². The fourth-order valence-corrected chi connectivity index (χ4v) is 3.28. The lowest BCUT2D eigenvalue weighted by molar-refractivity contribution is 0.0770. The zero-order valence-corrected chi connectivity index (χ0v) is 13.5. The van der Waals surface area contributed by atoms with E-state index >= 15 is 0 Å². The Hall–Kier alpha value is -1.64. The van der Waals surface area contributed by atoms with E-state index in [0.717, 1.165) is 31.4 Å². The molecule has 22 heavy (non-hydrogen) atoms. The van der Waals surface area contributed by atoms with Gasteiger partial charge >= 0.3 is 0 Å². The van der Waals surface area contributed by atoms with Crippen molar-refractivity contribution in [3.05, 3.63) is 35.9 Å². The summed E-state index contributed by atoms with van der Waals surface area (Å²) in [4.78, 5) is 10.5. The molecule has 0 N–H and O–H groups in total. The van der Waals surface area contributed by atoms with Crippen molar-refractivity contribution in [3.63, 3.8) is 0 Å². The normalized spacial score (nSPS) is 24.0. The van der Waals surface area contributed by atoms with E-state index in [9.17, 15) is 0 Å². The van der Waals surface area contributed by atoms with Crippen molar-refractivity contribution in [2.75, 3.05) is 0 Å². The van der Waals surface area contributed by atoms with Crippen LogP contribution in [0.3, 0.4) is 0 Å². The fourth-order valence-electron chi connectivity index (χ4n) is 3.28. The highest BCUT2D eigenvalue weighted by Gasteiger charge is 2.30. The lowest BCUT2D eigenvalue weighted by atomic mass is 10.00. The van der Waals surface area contributed by atoms with Crippen molar-refractivity contribution >= 4 is 11.4 Å². The van der Waals surface area contributed by atoms with Crippen LogP contribution in [0, 0.1) is 0 Å². The first-order valence-corrected chi connectivity index (χ1v) is 8.71. The van der Waals surface area contributed by atoms with Crippen LogP contribution in [0.25, 0.3) is 0 Å². The van der Waals surface area contributed by atoms with Crippen LogP contribution in [-0.2, 0) is 4.84 Å². The maximum absolute atomic E-state index is 5.62. The van der Waals surface area contributed by atoms with Gasteiger partial charge in [0.2, 0.25) is 0 Å². The highest BCUT2D eigenvalue weighted by Crippen LogP contribution is 2.26. The van der Waals surface area contributed by atoms with E-state index in [1.54, 1.807) is 0 Å². The predicted molar refractivity (Wildman–Crippen MR) is 91.7 cm³/mol. The molecule has 3 nitrogen and oxygen atoms in total. The Labute approximate surface area is 133 Å². The first kappa shape index (κ1) is 15.3. The van der Waals surface area contributed by atoms with Crippen LogP contribution >= 0.6 is 0 Å². The topological polar surface area (TPSA) is 34.0 Å². The van der Waals surface area contributed by atoms with E-state index in [2.05, 4.69) is 42.4 Å². The minimum absolute atomic E-state index is 0.246. The summed E-state index contributed by atoms with van der Waals surface area (Å²) in [5, 5.41) is 4.34. The van der Waals surface area contributed by atoms with Gasteiger partial charge in [0.05, 0.1) is 11.8 Å². The Bertz CT molecular complexity index is 536. The van der Waals surface area contributed by atoms with E-state index in [1.807, 2.05) is 0 Å². The van der Waals surface area contributed by atoms with Gasteiger partial charge in [0.15, 0.2) is 0 Å². The standard InChI is InChI=1S/C19H26N2O/c1-2-3-4-8-11-16-14-19(21-22-16)18-13-12-17(20-18)15-9-6-5-7-10-15/h5-7,9-10,16,18H,2-4,8,11-14H2,1H3/t16-,18+/m1/s1. The smallest absolute Gasteiger partial charge is 0.132 e. The Morgan fingerprint density at radius 2 is 2.00 bits per heavy atom. The molecule has 0 radical (unpaired) electrons. The summed E-state index contributed by atoms with van der Waals surface area (Å²) in [7, 11) is 0. The van der Waals surface area contributed by atoms with Gasteiger partial charge in [-0.15, -0.1) is 0 Å². The molecule has 1 aromatic rings. The molecule has 3 rings (SSSR count). The largest absolute Gasteiger partial charge is 0.392 e. The van der Waals surface area contributed by atoms with E-state index in [-0.39, 0.29) is 6.04 Å². The van der Waals surface area contributed by atoms with E-state index < -0.39 is 0 Å². The van der Waals surface area contributed by atoms with Gasteiger partial charge in [-0.05, 0) is 31.2 Å². The SMILES string of the molecule is CCCCCC[C@@H]1CC([C@@H]2CCC(c3ccccc3)=N2)=NO1. The maximum Gasteiger partial charge on any atom is 0.132 e. The molecule has 0 saturated heterocycles. The maximum atomic E-state index is 5.62. The molecule has 118 valence electrons. The molecular formula is C19H26N2O. The predicted octanol–water partition coefficient (Wildman–Crippen LogP) is 4.75. The molecule has 2 aliphatic heterocycles. The average molecular weight is 298 g/mol. The molecule has 0 saturated carbocycles. The van der Waals surface area contributed by atoms with Gasteiger partial charge in [0, 0.05) is 12.1 Å². The van der Waals surface area contributed by atoms with Crippen molar-refractivity contribution in [1.82, 2.24) is 0 Å². The number of nitrogens with zero attached hydrogens (tertiary/aromatic N) is 2. The van der Waals surface area contributed by atoms with Crippen molar-refractivity contribution in [1.29, 1.82) is 0 Å². The number of benzene rings is 1. The second-order valence-corrected chi connectivity index (χ2v) is 6.36. The van der Waals surface area contributed by atoms with Gasteiger partial charge in [-0.2, -0.15) is 0 Å². The molecule has 2 aliphatic rings. The van der Waals surface area contributed by atoms with Gasteiger partial charge in [-0.3, -0.25) is 4.99 Å². The van der Waals surface area contributed by atoms with Gasteiger partial charge in [0.25, 0.3) is 0 Å². The van der Waals surface area contributed by atoms with Crippen LogP contribution in [0.2, 0.25) is 0 Å². The van der Waals surface area contributed by atoms with Gasteiger partial charge in [-0.1, -0.05) is 61.7 Å². The summed E-state index contributed by atoms with van der Waals surface area (Å²) >= 11 is 0. The van der Waals surface area contributed by atoms with Crippen LogP contribution < -0.4 is 0 Å². The number of unbranched alkanes of at least 4 members (excludes halogenated alkanes) is 3. The van der Waals surface area contributed by atoms with E-state index in [0.29, 0.717) is 6.10 Å². The Balaban J connectivity index is 1.50. The molecule has 2 atom stereocenters. The highest BCUT2D eigenvalue weighted by atomic mass is 16.6. The summed E-state index contributed by atoms with van der Waals surface area (Å²) in [6.45, 7) is 2.25. The van der Waals surface area contributed by atoms with Crippen LogP contribution in [0.4, 0.5) is 0 Å². The highest BCUT2D eigenvalue weighted by molar-refractivity contribution is 6.05. The minimum Gasteiger partial charge on any atom is -0.392 e. The Morgan fingerprint density at radius 1 is 1.14 bits per heavy atom. The molecule has 0 aromatic heterocycles. The van der Waals surface area contributed by atoms with Crippen LogP contribution in [0.1, 0.15) is 63.9 Å². The van der Waals surface area contributed by atoms with Gasteiger partial charge < -0.3 is 4.84 Å². The summed E-state index contributed by atoms with van der Waals surface area (Å²) in [5.41, 5.74) is 3.63. The van der Waals surface area contributed by atoms with Crippen LogP contribution in [-0.4, -0.2) is 23.6 Å². The summed E-state index contributed by atoms with van der Waals surface area (Å²) in [6.07, 6.45) is 9.71. The Morgan fingerprint density at radius 3 is 2.82 bits per heavy atom. The van der Waals surface area contributed by atoms with Gasteiger partial charge in [-0.25, -0.2) is 0 Å². The number of rotatable bonds is 7. The lowest BCUT2D eigenvalue weighted by Crippen LogP contribution is -2.16. The number of oxime groups is 1. The van der Waals surface area contributed by atoms with Crippen molar-refractivity contribution in [2.45, 2.75) is 70.4 Å². The fraction of sp³-hybridized carbons (Fsp3) is 0.579.